The fraction of sp³-hybridized carbons (Fsp3) is 0. The summed E-state index contributed by atoms with van der Waals surface area (Å²) in [7, 11) is 0. The van der Waals surface area contributed by atoms with Crippen LogP contribution in [0, 0.1) is 0 Å². The molecule has 5 aromatic rings. The molecule has 1 heterocycles. The summed E-state index contributed by atoms with van der Waals surface area (Å²) in [4.78, 5) is 0. The van der Waals surface area contributed by atoms with Crippen molar-refractivity contribution < 1.29 is 0 Å². The van der Waals surface area contributed by atoms with Crippen LogP contribution in [0.25, 0.3) is 39.0 Å². The van der Waals surface area contributed by atoms with Gasteiger partial charge in [0, 0.05) is 11.1 Å². The first-order chi connectivity index (χ1) is 13.4. The lowest BCUT2D eigenvalue weighted by atomic mass is 9.98. The standard InChI is InChI=1S/C24H17N3/c1-3-11-19(12-4-1)23-24(27(26-25-23)20-14-5-2-6-15-20)22-17-9-13-18-10-7-8-16-21(18)22/h1-17H. The Kier molecular flexibility index (Phi) is 3.76. The zero-order valence-corrected chi connectivity index (χ0v) is 14.7. The van der Waals surface area contributed by atoms with Crippen molar-refractivity contribution in [2.75, 3.05) is 0 Å². The molecule has 0 unspecified atom stereocenters. The monoisotopic (exact) mass is 347 g/mol. The molecule has 0 saturated carbocycles. The van der Waals surface area contributed by atoms with Gasteiger partial charge in [0.2, 0.25) is 0 Å². The molecule has 128 valence electrons. The minimum absolute atomic E-state index is 0.885. The average Bonchev–Trinajstić information content (AvgIpc) is 3.19. The number of fused-ring (bicyclic) bond motifs is 1. The summed E-state index contributed by atoms with van der Waals surface area (Å²) in [6, 6.07) is 35.2. The Hall–Kier alpha value is -3.72. The van der Waals surface area contributed by atoms with Gasteiger partial charge in [-0.1, -0.05) is 96.2 Å². The van der Waals surface area contributed by atoms with Gasteiger partial charge in [0.05, 0.1) is 5.69 Å². The van der Waals surface area contributed by atoms with Crippen LogP contribution < -0.4 is 0 Å². The van der Waals surface area contributed by atoms with Gasteiger partial charge in [-0.25, -0.2) is 4.68 Å². The number of aromatic nitrogens is 3. The fourth-order valence-electron chi connectivity index (χ4n) is 3.50. The van der Waals surface area contributed by atoms with Gasteiger partial charge in [0.25, 0.3) is 0 Å². The molecule has 0 fully saturated rings. The summed E-state index contributed by atoms with van der Waals surface area (Å²) in [6.07, 6.45) is 0. The van der Waals surface area contributed by atoms with E-state index in [1.165, 1.54) is 10.8 Å². The van der Waals surface area contributed by atoms with Crippen LogP contribution in [0.5, 0.6) is 0 Å². The average molecular weight is 347 g/mol. The molecule has 0 aliphatic rings. The number of nitrogens with zero attached hydrogens (tertiary/aromatic N) is 3. The predicted octanol–water partition coefficient (Wildman–Crippen LogP) is 5.75. The summed E-state index contributed by atoms with van der Waals surface area (Å²) < 4.78 is 1.93. The van der Waals surface area contributed by atoms with Crippen molar-refractivity contribution in [3.05, 3.63) is 103 Å². The third-order valence-electron chi connectivity index (χ3n) is 4.76. The zero-order valence-electron chi connectivity index (χ0n) is 14.7. The van der Waals surface area contributed by atoms with Crippen molar-refractivity contribution in [3.8, 4) is 28.2 Å². The molecule has 3 heteroatoms. The summed E-state index contributed by atoms with van der Waals surface area (Å²) in [5.74, 6) is 0. The quantitative estimate of drug-likeness (QED) is 0.416. The molecule has 1 aromatic heterocycles. The highest BCUT2D eigenvalue weighted by Gasteiger charge is 2.19. The molecule has 3 nitrogen and oxygen atoms in total. The molecule has 0 radical (unpaired) electrons. The lowest BCUT2D eigenvalue weighted by Gasteiger charge is -2.11. The van der Waals surface area contributed by atoms with E-state index in [0.29, 0.717) is 0 Å². The maximum absolute atomic E-state index is 4.56. The number of hydrogen-bond donors (Lipinski definition) is 0. The van der Waals surface area contributed by atoms with Crippen molar-refractivity contribution in [2.24, 2.45) is 0 Å². The SMILES string of the molecule is c1ccc(-c2nnn(-c3ccccc3)c2-c2cccc3ccccc23)cc1. The second-order valence-corrected chi connectivity index (χ2v) is 6.43. The molecule has 27 heavy (non-hydrogen) atoms. The van der Waals surface area contributed by atoms with Crippen LogP contribution in [0.2, 0.25) is 0 Å². The lowest BCUT2D eigenvalue weighted by molar-refractivity contribution is 0.809. The topological polar surface area (TPSA) is 30.7 Å². The largest absolute Gasteiger partial charge is 0.212 e. The van der Waals surface area contributed by atoms with Crippen LogP contribution in [-0.4, -0.2) is 15.0 Å². The minimum atomic E-state index is 0.885. The minimum Gasteiger partial charge on any atom is -0.212 e. The molecule has 0 bridgehead atoms. The molecule has 0 N–H and O–H groups in total. The second-order valence-electron chi connectivity index (χ2n) is 6.43. The highest BCUT2D eigenvalue weighted by Crippen LogP contribution is 2.36. The van der Waals surface area contributed by atoms with Crippen LogP contribution in [-0.2, 0) is 0 Å². The van der Waals surface area contributed by atoms with E-state index >= 15 is 0 Å². The third kappa shape index (κ3) is 2.70. The zero-order chi connectivity index (χ0) is 18.1. The van der Waals surface area contributed by atoms with E-state index in [9.17, 15) is 0 Å². The summed E-state index contributed by atoms with van der Waals surface area (Å²) >= 11 is 0. The van der Waals surface area contributed by atoms with E-state index in [2.05, 4.69) is 77.0 Å². The van der Waals surface area contributed by atoms with Crippen LogP contribution in [0.15, 0.2) is 103 Å². The Morgan fingerprint density at radius 3 is 2.07 bits per heavy atom. The molecule has 0 saturated heterocycles. The molecule has 0 aliphatic carbocycles. The van der Waals surface area contributed by atoms with Crippen molar-refractivity contribution in [3.63, 3.8) is 0 Å². The number of rotatable bonds is 3. The normalized spacial score (nSPS) is 11.0. The Morgan fingerprint density at radius 2 is 1.26 bits per heavy atom. The predicted molar refractivity (Wildman–Crippen MR) is 110 cm³/mol. The summed E-state index contributed by atoms with van der Waals surface area (Å²) in [5.41, 5.74) is 5.07. The van der Waals surface area contributed by atoms with Gasteiger partial charge in [-0.2, -0.15) is 0 Å². The maximum Gasteiger partial charge on any atom is 0.121 e. The Balaban J connectivity index is 1.85. The molecule has 0 spiro atoms. The van der Waals surface area contributed by atoms with Crippen molar-refractivity contribution in [1.29, 1.82) is 0 Å². The molecular formula is C24H17N3. The van der Waals surface area contributed by atoms with Crippen molar-refractivity contribution in [1.82, 2.24) is 15.0 Å². The van der Waals surface area contributed by atoms with E-state index in [4.69, 9.17) is 0 Å². The highest BCUT2D eigenvalue weighted by molar-refractivity contribution is 5.99. The number of benzene rings is 4. The fourth-order valence-corrected chi connectivity index (χ4v) is 3.50. The van der Waals surface area contributed by atoms with E-state index < -0.39 is 0 Å². The first kappa shape index (κ1) is 15.5. The van der Waals surface area contributed by atoms with Gasteiger partial charge in [-0.05, 0) is 22.9 Å². The van der Waals surface area contributed by atoms with Crippen molar-refractivity contribution >= 4 is 10.8 Å². The molecule has 0 aliphatic heterocycles. The van der Waals surface area contributed by atoms with Crippen molar-refractivity contribution in [2.45, 2.75) is 0 Å². The molecular weight excluding hydrogens is 330 g/mol. The van der Waals surface area contributed by atoms with E-state index in [1.54, 1.807) is 0 Å². The van der Waals surface area contributed by atoms with Crippen LogP contribution in [0.1, 0.15) is 0 Å². The first-order valence-electron chi connectivity index (χ1n) is 8.96. The van der Waals surface area contributed by atoms with Gasteiger partial charge in [-0.15, -0.1) is 5.10 Å². The van der Waals surface area contributed by atoms with Gasteiger partial charge in [0.1, 0.15) is 11.4 Å². The third-order valence-corrected chi connectivity index (χ3v) is 4.76. The Bertz CT molecular complexity index is 1150. The van der Waals surface area contributed by atoms with E-state index in [-0.39, 0.29) is 0 Å². The molecule has 4 aromatic carbocycles. The van der Waals surface area contributed by atoms with Gasteiger partial charge < -0.3 is 0 Å². The Morgan fingerprint density at radius 1 is 0.593 bits per heavy atom. The van der Waals surface area contributed by atoms with Gasteiger partial charge in [-0.3, -0.25) is 0 Å². The molecule has 0 atom stereocenters. The maximum atomic E-state index is 4.56. The van der Waals surface area contributed by atoms with E-state index in [1.807, 2.05) is 41.1 Å². The first-order valence-corrected chi connectivity index (χ1v) is 8.96. The summed E-state index contributed by atoms with van der Waals surface area (Å²) in [5, 5.41) is 11.5. The van der Waals surface area contributed by atoms with Gasteiger partial charge in [0.15, 0.2) is 0 Å². The smallest absolute Gasteiger partial charge is 0.121 e. The van der Waals surface area contributed by atoms with Crippen LogP contribution in [0.3, 0.4) is 0 Å². The van der Waals surface area contributed by atoms with Crippen LogP contribution in [0.4, 0.5) is 0 Å². The summed E-state index contributed by atoms with van der Waals surface area (Å²) in [6.45, 7) is 0. The lowest BCUT2D eigenvalue weighted by Crippen LogP contribution is -1.99. The second kappa shape index (κ2) is 6.54. The number of hydrogen-bond acceptors (Lipinski definition) is 2. The van der Waals surface area contributed by atoms with Gasteiger partial charge >= 0.3 is 0 Å². The Labute approximate surface area is 157 Å². The molecule has 0 amide bonds. The molecule has 5 rings (SSSR count). The number of para-hydroxylation sites is 1. The van der Waals surface area contributed by atoms with E-state index in [0.717, 1.165) is 28.2 Å². The highest BCUT2D eigenvalue weighted by atomic mass is 15.4. The van der Waals surface area contributed by atoms with Crippen LogP contribution >= 0.6 is 0 Å².